The first-order valence-electron chi connectivity index (χ1n) is 11.6. The SMILES string of the molecule is CC[C@@H](Oc1ccc(N(C)S(C)(=O)=O)cc1)C(=O)Nc1ccccc1C(=O)NCCc1ccccc1. The van der Waals surface area contributed by atoms with Crippen molar-refractivity contribution in [2.45, 2.75) is 25.9 Å². The van der Waals surface area contributed by atoms with Crippen molar-refractivity contribution in [3.63, 3.8) is 0 Å². The van der Waals surface area contributed by atoms with Gasteiger partial charge in [0.05, 0.1) is 23.2 Å². The molecule has 0 saturated carbocycles. The lowest BCUT2D eigenvalue weighted by Gasteiger charge is -2.20. The van der Waals surface area contributed by atoms with Crippen LogP contribution in [-0.4, -0.2) is 46.2 Å². The zero-order valence-electron chi connectivity index (χ0n) is 20.6. The third kappa shape index (κ3) is 7.32. The van der Waals surface area contributed by atoms with Crippen LogP contribution < -0.4 is 19.7 Å². The lowest BCUT2D eigenvalue weighted by molar-refractivity contribution is -0.122. The molecule has 0 bridgehead atoms. The van der Waals surface area contributed by atoms with Crippen molar-refractivity contribution < 1.29 is 22.7 Å². The van der Waals surface area contributed by atoms with Crippen LogP contribution in [0.3, 0.4) is 0 Å². The van der Waals surface area contributed by atoms with Crippen molar-refractivity contribution in [1.82, 2.24) is 5.32 Å². The summed E-state index contributed by atoms with van der Waals surface area (Å²) >= 11 is 0. The van der Waals surface area contributed by atoms with E-state index in [1.807, 2.05) is 37.3 Å². The average Bonchev–Trinajstić information content (AvgIpc) is 2.87. The van der Waals surface area contributed by atoms with E-state index in [2.05, 4.69) is 10.6 Å². The maximum atomic E-state index is 13.0. The second kappa shape index (κ2) is 12.2. The van der Waals surface area contributed by atoms with Gasteiger partial charge in [0.1, 0.15) is 5.75 Å². The summed E-state index contributed by atoms with van der Waals surface area (Å²) in [5, 5.41) is 5.71. The van der Waals surface area contributed by atoms with Gasteiger partial charge in [-0.15, -0.1) is 0 Å². The maximum Gasteiger partial charge on any atom is 0.265 e. The highest BCUT2D eigenvalue weighted by atomic mass is 32.2. The summed E-state index contributed by atoms with van der Waals surface area (Å²) in [4.78, 5) is 25.8. The predicted octanol–water partition coefficient (Wildman–Crippen LogP) is 3.85. The average molecular weight is 510 g/mol. The Morgan fingerprint density at radius 1 is 0.944 bits per heavy atom. The minimum absolute atomic E-state index is 0.276. The molecule has 2 amide bonds. The van der Waals surface area contributed by atoms with E-state index < -0.39 is 16.1 Å². The van der Waals surface area contributed by atoms with Gasteiger partial charge in [0, 0.05) is 13.6 Å². The first kappa shape index (κ1) is 26.7. The topological polar surface area (TPSA) is 105 Å². The molecule has 0 radical (unpaired) electrons. The van der Waals surface area contributed by atoms with Gasteiger partial charge in [-0.3, -0.25) is 13.9 Å². The van der Waals surface area contributed by atoms with Gasteiger partial charge >= 0.3 is 0 Å². The van der Waals surface area contributed by atoms with Crippen LogP contribution in [0.4, 0.5) is 11.4 Å². The van der Waals surface area contributed by atoms with E-state index in [1.54, 1.807) is 48.5 Å². The fourth-order valence-electron chi connectivity index (χ4n) is 3.48. The van der Waals surface area contributed by atoms with E-state index in [0.717, 1.165) is 16.1 Å². The number of para-hydroxylation sites is 1. The van der Waals surface area contributed by atoms with Gasteiger partial charge in [-0.25, -0.2) is 8.42 Å². The van der Waals surface area contributed by atoms with Gasteiger partial charge in [-0.05, 0) is 54.8 Å². The molecule has 8 nitrogen and oxygen atoms in total. The molecule has 190 valence electrons. The number of nitrogens with one attached hydrogen (secondary N) is 2. The molecule has 0 spiro atoms. The quantitative estimate of drug-likeness (QED) is 0.409. The van der Waals surface area contributed by atoms with Crippen LogP contribution in [-0.2, 0) is 21.2 Å². The number of sulfonamides is 1. The van der Waals surface area contributed by atoms with Gasteiger partial charge in [-0.2, -0.15) is 0 Å². The Morgan fingerprint density at radius 2 is 1.58 bits per heavy atom. The van der Waals surface area contributed by atoms with E-state index in [-0.39, 0.29) is 11.8 Å². The number of carbonyl (C=O) groups excluding carboxylic acids is 2. The number of hydrogen-bond acceptors (Lipinski definition) is 5. The van der Waals surface area contributed by atoms with Crippen LogP contribution in [0.25, 0.3) is 0 Å². The van der Waals surface area contributed by atoms with Gasteiger partial charge < -0.3 is 15.4 Å². The number of carbonyl (C=O) groups is 2. The molecule has 36 heavy (non-hydrogen) atoms. The van der Waals surface area contributed by atoms with Crippen molar-refractivity contribution in [2.24, 2.45) is 0 Å². The number of amides is 2. The first-order valence-corrected chi connectivity index (χ1v) is 13.5. The molecule has 0 unspecified atom stereocenters. The second-order valence-corrected chi connectivity index (χ2v) is 10.3. The minimum Gasteiger partial charge on any atom is -0.481 e. The highest BCUT2D eigenvalue weighted by Gasteiger charge is 2.21. The Labute approximate surface area is 212 Å². The van der Waals surface area contributed by atoms with Gasteiger partial charge in [0.15, 0.2) is 6.10 Å². The molecule has 1 atom stereocenters. The number of anilines is 2. The Hall–Kier alpha value is -3.85. The van der Waals surface area contributed by atoms with Gasteiger partial charge in [-0.1, -0.05) is 49.4 Å². The normalized spacial score (nSPS) is 11.9. The van der Waals surface area contributed by atoms with E-state index >= 15 is 0 Å². The molecular weight excluding hydrogens is 478 g/mol. The molecule has 2 N–H and O–H groups in total. The Kier molecular flexibility index (Phi) is 9.08. The zero-order valence-corrected chi connectivity index (χ0v) is 21.4. The lowest BCUT2D eigenvalue weighted by Crippen LogP contribution is -2.33. The number of ether oxygens (including phenoxy) is 1. The summed E-state index contributed by atoms with van der Waals surface area (Å²) in [6.45, 7) is 2.29. The molecule has 9 heteroatoms. The molecule has 3 aromatic rings. The third-order valence-corrected chi connectivity index (χ3v) is 6.82. The largest absolute Gasteiger partial charge is 0.481 e. The highest BCUT2D eigenvalue weighted by molar-refractivity contribution is 7.92. The molecule has 3 aromatic carbocycles. The predicted molar refractivity (Wildman–Crippen MR) is 142 cm³/mol. The summed E-state index contributed by atoms with van der Waals surface area (Å²) in [5.74, 6) is -0.240. The van der Waals surface area contributed by atoms with Gasteiger partial charge in [0.2, 0.25) is 10.0 Å². The third-order valence-electron chi connectivity index (χ3n) is 5.61. The summed E-state index contributed by atoms with van der Waals surface area (Å²) < 4.78 is 30.4. The molecule has 0 heterocycles. The molecule has 3 rings (SSSR count). The van der Waals surface area contributed by atoms with Crippen LogP contribution >= 0.6 is 0 Å². The van der Waals surface area contributed by atoms with Crippen LogP contribution in [0.1, 0.15) is 29.3 Å². The molecular formula is C27H31N3O5S. The lowest BCUT2D eigenvalue weighted by atomic mass is 10.1. The highest BCUT2D eigenvalue weighted by Crippen LogP contribution is 2.22. The van der Waals surface area contributed by atoms with Crippen molar-refractivity contribution >= 4 is 33.2 Å². The summed E-state index contributed by atoms with van der Waals surface area (Å²) in [6, 6.07) is 23.1. The van der Waals surface area contributed by atoms with Crippen molar-refractivity contribution in [3.05, 3.63) is 90.0 Å². The van der Waals surface area contributed by atoms with E-state index in [9.17, 15) is 18.0 Å². The van der Waals surface area contributed by atoms with E-state index in [4.69, 9.17) is 4.74 Å². The zero-order chi connectivity index (χ0) is 26.1. The van der Waals surface area contributed by atoms with E-state index in [0.29, 0.717) is 42.1 Å². The van der Waals surface area contributed by atoms with Crippen LogP contribution in [0.5, 0.6) is 5.75 Å². The number of rotatable bonds is 11. The fraction of sp³-hybridized carbons (Fsp3) is 0.259. The minimum atomic E-state index is -3.38. The summed E-state index contributed by atoms with van der Waals surface area (Å²) in [7, 11) is -1.92. The van der Waals surface area contributed by atoms with Gasteiger partial charge in [0.25, 0.3) is 11.8 Å². The fourth-order valence-corrected chi connectivity index (χ4v) is 3.98. The maximum absolute atomic E-state index is 13.0. The standard InChI is InChI=1S/C27H31N3O5S/c1-4-25(35-22-16-14-21(15-17-22)30(2)36(3,33)34)27(32)29-24-13-9-8-12-23(24)26(31)28-19-18-20-10-6-5-7-11-20/h5-17,25H,4,18-19H2,1-3H3,(H,28,31)(H,29,32)/t25-/m1/s1. The Morgan fingerprint density at radius 3 is 2.22 bits per heavy atom. The Balaban J connectivity index is 1.63. The van der Waals surface area contributed by atoms with Crippen molar-refractivity contribution in [3.8, 4) is 5.75 Å². The van der Waals surface area contributed by atoms with Crippen LogP contribution in [0.15, 0.2) is 78.9 Å². The molecule has 0 aliphatic carbocycles. The number of hydrogen-bond donors (Lipinski definition) is 2. The van der Waals surface area contributed by atoms with Crippen molar-refractivity contribution in [2.75, 3.05) is 29.5 Å². The molecule has 0 fully saturated rings. The summed E-state index contributed by atoms with van der Waals surface area (Å²) in [6.07, 6.45) is 1.40. The first-order chi connectivity index (χ1) is 17.2. The molecule has 0 aromatic heterocycles. The molecule has 0 saturated heterocycles. The Bertz CT molecular complexity index is 1280. The smallest absolute Gasteiger partial charge is 0.265 e. The molecule has 0 aliphatic rings. The molecule has 0 aliphatic heterocycles. The van der Waals surface area contributed by atoms with E-state index in [1.165, 1.54) is 7.05 Å². The number of benzene rings is 3. The summed E-state index contributed by atoms with van der Waals surface area (Å²) in [5.41, 5.74) is 2.36. The van der Waals surface area contributed by atoms with Crippen molar-refractivity contribution in [1.29, 1.82) is 0 Å². The number of nitrogens with zero attached hydrogens (tertiary/aromatic N) is 1. The second-order valence-electron chi connectivity index (χ2n) is 8.27. The van der Waals surface area contributed by atoms with Crippen LogP contribution in [0.2, 0.25) is 0 Å². The van der Waals surface area contributed by atoms with Crippen LogP contribution in [0, 0.1) is 0 Å². The monoisotopic (exact) mass is 509 g/mol.